The molecule has 3 aromatic rings. The van der Waals surface area contributed by atoms with Crippen molar-refractivity contribution in [3.63, 3.8) is 0 Å². The highest BCUT2D eigenvalue weighted by Gasteiger charge is 2.14. The van der Waals surface area contributed by atoms with E-state index in [0.29, 0.717) is 6.54 Å². The molecule has 0 saturated carbocycles. The van der Waals surface area contributed by atoms with Crippen LogP contribution in [0.5, 0.6) is 5.75 Å². The minimum atomic E-state index is -0.572. The Morgan fingerprint density at radius 1 is 0.769 bits per heavy atom. The van der Waals surface area contributed by atoms with Gasteiger partial charge in [0.1, 0.15) is 18.5 Å². The van der Waals surface area contributed by atoms with Crippen LogP contribution in [-0.2, 0) is 6.42 Å². The number of nitrogens with one attached hydrogen (secondary N) is 1. The summed E-state index contributed by atoms with van der Waals surface area (Å²) in [5.41, 5.74) is 2.48. The molecule has 2 atom stereocenters. The van der Waals surface area contributed by atoms with Crippen LogP contribution in [0.3, 0.4) is 0 Å². The van der Waals surface area contributed by atoms with E-state index in [0.717, 1.165) is 12.2 Å². The molecule has 0 bridgehead atoms. The molecule has 0 aliphatic carbocycles. The van der Waals surface area contributed by atoms with Crippen LogP contribution < -0.4 is 10.1 Å². The van der Waals surface area contributed by atoms with E-state index in [-0.39, 0.29) is 12.6 Å². The lowest BCUT2D eigenvalue weighted by atomic mass is 9.98. The van der Waals surface area contributed by atoms with Gasteiger partial charge in [0.05, 0.1) is 0 Å². The number of hydrogen-bond acceptors (Lipinski definition) is 3. The van der Waals surface area contributed by atoms with Gasteiger partial charge in [0, 0.05) is 12.6 Å². The van der Waals surface area contributed by atoms with E-state index in [1.54, 1.807) is 0 Å². The van der Waals surface area contributed by atoms with Gasteiger partial charge in [0.2, 0.25) is 0 Å². The van der Waals surface area contributed by atoms with Gasteiger partial charge in [-0.3, -0.25) is 0 Å². The molecule has 0 aliphatic rings. The molecule has 0 radical (unpaired) electrons. The Balaban J connectivity index is 1.57. The summed E-state index contributed by atoms with van der Waals surface area (Å²) >= 11 is 0. The second-order valence-electron chi connectivity index (χ2n) is 6.34. The Hall–Kier alpha value is -2.62. The summed E-state index contributed by atoms with van der Waals surface area (Å²) in [6.45, 7) is 0.739. The van der Waals surface area contributed by atoms with Crippen molar-refractivity contribution >= 4 is 0 Å². The normalized spacial score (nSPS) is 13.1. The van der Waals surface area contributed by atoms with Crippen LogP contribution in [0.15, 0.2) is 91.0 Å². The lowest BCUT2D eigenvalue weighted by Crippen LogP contribution is -2.34. The maximum atomic E-state index is 10.3. The Labute approximate surface area is 155 Å². The molecule has 3 heteroatoms. The van der Waals surface area contributed by atoms with Crippen molar-refractivity contribution < 1.29 is 9.84 Å². The Kier molecular flexibility index (Phi) is 6.82. The molecule has 0 saturated heterocycles. The van der Waals surface area contributed by atoms with Crippen LogP contribution in [0.25, 0.3) is 0 Å². The van der Waals surface area contributed by atoms with Crippen LogP contribution in [0.4, 0.5) is 0 Å². The van der Waals surface area contributed by atoms with Crippen molar-refractivity contribution in [2.75, 3.05) is 13.2 Å². The lowest BCUT2D eigenvalue weighted by Gasteiger charge is -2.22. The van der Waals surface area contributed by atoms with E-state index < -0.39 is 6.10 Å². The molecule has 1 unspecified atom stereocenters. The molecule has 26 heavy (non-hydrogen) atoms. The smallest absolute Gasteiger partial charge is 0.119 e. The molecule has 2 N–H and O–H groups in total. The van der Waals surface area contributed by atoms with E-state index in [2.05, 4.69) is 41.7 Å². The minimum absolute atomic E-state index is 0.143. The van der Waals surface area contributed by atoms with Crippen molar-refractivity contribution in [2.45, 2.75) is 18.6 Å². The fourth-order valence-electron chi connectivity index (χ4n) is 2.89. The third-order valence-electron chi connectivity index (χ3n) is 4.27. The Morgan fingerprint density at radius 2 is 1.35 bits per heavy atom. The summed E-state index contributed by atoms with van der Waals surface area (Å²) in [5.74, 6) is 0.774. The van der Waals surface area contributed by atoms with E-state index in [1.165, 1.54) is 11.1 Å². The number of para-hydroxylation sites is 1. The maximum Gasteiger partial charge on any atom is 0.119 e. The third-order valence-corrected chi connectivity index (χ3v) is 4.27. The molecule has 3 aromatic carbocycles. The molecular formula is C23H25NO2. The molecule has 0 aromatic heterocycles. The van der Waals surface area contributed by atoms with Gasteiger partial charge >= 0.3 is 0 Å². The molecule has 0 heterocycles. The molecule has 134 valence electrons. The minimum Gasteiger partial charge on any atom is -0.491 e. The van der Waals surface area contributed by atoms with Gasteiger partial charge in [0.25, 0.3) is 0 Å². The standard InChI is InChI=1S/C23H25NO2/c25-21(18-26-22-14-8-3-9-15-22)17-24-23(20-12-6-2-7-13-20)16-19-10-4-1-5-11-19/h1-15,21,23-25H,16-18H2/t21-,23?/m0/s1. The van der Waals surface area contributed by atoms with Crippen molar-refractivity contribution in [1.29, 1.82) is 0 Å². The van der Waals surface area contributed by atoms with Crippen LogP contribution in [-0.4, -0.2) is 24.4 Å². The first-order valence-electron chi connectivity index (χ1n) is 8.99. The summed E-state index contributed by atoms with van der Waals surface area (Å²) in [7, 11) is 0. The van der Waals surface area contributed by atoms with E-state index in [9.17, 15) is 5.11 Å². The largest absolute Gasteiger partial charge is 0.491 e. The molecule has 3 rings (SSSR count). The van der Waals surface area contributed by atoms with Gasteiger partial charge in [-0.1, -0.05) is 78.9 Å². The van der Waals surface area contributed by atoms with E-state index in [1.807, 2.05) is 54.6 Å². The molecule has 0 fully saturated rings. The number of aliphatic hydroxyl groups excluding tert-OH is 1. The van der Waals surface area contributed by atoms with Gasteiger partial charge in [0.15, 0.2) is 0 Å². The summed E-state index contributed by atoms with van der Waals surface area (Å²) in [6.07, 6.45) is 0.300. The predicted octanol–water partition coefficient (Wildman–Crippen LogP) is 4.00. The van der Waals surface area contributed by atoms with Gasteiger partial charge in [-0.05, 0) is 29.7 Å². The highest BCUT2D eigenvalue weighted by atomic mass is 16.5. The second-order valence-corrected chi connectivity index (χ2v) is 6.34. The number of ether oxygens (including phenoxy) is 1. The number of benzene rings is 3. The van der Waals surface area contributed by atoms with E-state index in [4.69, 9.17) is 4.74 Å². The maximum absolute atomic E-state index is 10.3. The molecule has 0 aliphatic heterocycles. The van der Waals surface area contributed by atoms with Crippen molar-refractivity contribution in [1.82, 2.24) is 5.32 Å². The van der Waals surface area contributed by atoms with Crippen LogP contribution in [0.1, 0.15) is 17.2 Å². The first kappa shape index (κ1) is 18.2. The average Bonchev–Trinajstić information content (AvgIpc) is 2.72. The molecule has 3 nitrogen and oxygen atoms in total. The SMILES string of the molecule is O[C@@H](CNC(Cc1ccccc1)c1ccccc1)COc1ccccc1. The van der Waals surface area contributed by atoms with Gasteiger partial charge in [-0.2, -0.15) is 0 Å². The van der Waals surface area contributed by atoms with Gasteiger partial charge in [-0.15, -0.1) is 0 Å². The zero-order valence-corrected chi connectivity index (χ0v) is 14.8. The molecule has 0 amide bonds. The van der Waals surface area contributed by atoms with Crippen LogP contribution in [0.2, 0.25) is 0 Å². The summed E-state index contributed by atoms with van der Waals surface area (Å²) in [5, 5.41) is 13.8. The predicted molar refractivity (Wildman–Crippen MR) is 105 cm³/mol. The topological polar surface area (TPSA) is 41.5 Å². The van der Waals surface area contributed by atoms with Crippen molar-refractivity contribution in [3.8, 4) is 5.75 Å². The number of rotatable bonds is 9. The monoisotopic (exact) mass is 347 g/mol. The Bertz CT molecular complexity index is 747. The number of hydrogen-bond donors (Lipinski definition) is 2. The molecular weight excluding hydrogens is 322 g/mol. The zero-order valence-electron chi connectivity index (χ0n) is 14.8. The van der Waals surface area contributed by atoms with Crippen LogP contribution >= 0.6 is 0 Å². The summed E-state index contributed by atoms with van der Waals surface area (Å²) < 4.78 is 5.63. The lowest BCUT2D eigenvalue weighted by molar-refractivity contribution is 0.103. The van der Waals surface area contributed by atoms with Crippen LogP contribution in [0, 0.1) is 0 Å². The van der Waals surface area contributed by atoms with Gasteiger partial charge in [-0.25, -0.2) is 0 Å². The van der Waals surface area contributed by atoms with E-state index >= 15 is 0 Å². The van der Waals surface area contributed by atoms with Crippen molar-refractivity contribution in [2.24, 2.45) is 0 Å². The highest BCUT2D eigenvalue weighted by molar-refractivity contribution is 5.24. The Morgan fingerprint density at radius 3 is 2.00 bits per heavy atom. The first-order valence-corrected chi connectivity index (χ1v) is 8.99. The quantitative estimate of drug-likeness (QED) is 0.615. The third kappa shape index (κ3) is 5.73. The molecule has 0 spiro atoms. The highest BCUT2D eigenvalue weighted by Crippen LogP contribution is 2.18. The van der Waals surface area contributed by atoms with Crippen molar-refractivity contribution in [3.05, 3.63) is 102 Å². The zero-order chi connectivity index (χ0) is 18.0. The number of aliphatic hydroxyl groups is 1. The fourth-order valence-corrected chi connectivity index (χ4v) is 2.89. The fraction of sp³-hybridized carbons (Fsp3) is 0.217. The summed E-state index contributed by atoms with van der Waals surface area (Å²) in [6, 6.07) is 30.5. The summed E-state index contributed by atoms with van der Waals surface area (Å²) in [4.78, 5) is 0. The van der Waals surface area contributed by atoms with Gasteiger partial charge < -0.3 is 15.2 Å². The average molecular weight is 347 g/mol. The second kappa shape index (κ2) is 9.76. The first-order chi connectivity index (χ1) is 12.8.